The number of rotatable bonds is 5. The Bertz CT molecular complexity index is 823. The van der Waals surface area contributed by atoms with Crippen LogP contribution in [0.1, 0.15) is 37.9 Å². The average molecular weight is 416 g/mol. The number of hydrogen-bond acceptors (Lipinski definition) is 7. The summed E-state index contributed by atoms with van der Waals surface area (Å²) in [4.78, 5) is 30.5. The van der Waals surface area contributed by atoms with Gasteiger partial charge in [-0.1, -0.05) is 0 Å². The lowest BCUT2D eigenvalue weighted by Crippen LogP contribution is -2.45. The minimum absolute atomic E-state index is 0.111. The van der Waals surface area contributed by atoms with Gasteiger partial charge in [0.2, 0.25) is 5.91 Å². The molecule has 1 aliphatic heterocycles. The lowest BCUT2D eigenvalue weighted by molar-refractivity contribution is -0.141. The van der Waals surface area contributed by atoms with Crippen molar-refractivity contribution in [3.63, 3.8) is 0 Å². The number of anilines is 1. The third-order valence-electron chi connectivity index (χ3n) is 4.54. The van der Waals surface area contributed by atoms with Gasteiger partial charge in [-0.3, -0.25) is 19.4 Å². The summed E-state index contributed by atoms with van der Waals surface area (Å²) in [5.74, 6) is -0.868. The number of hydrogen-bond donors (Lipinski definition) is 1. The van der Waals surface area contributed by atoms with Gasteiger partial charge in [-0.05, 0) is 26.3 Å². The van der Waals surface area contributed by atoms with E-state index in [4.69, 9.17) is 5.26 Å². The van der Waals surface area contributed by atoms with Crippen molar-refractivity contribution in [1.29, 1.82) is 5.26 Å². The Kier molecular flexibility index (Phi) is 6.25. The van der Waals surface area contributed by atoms with E-state index in [9.17, 15) is 22.8 Å². The number of carbonyl (C=O) groups is 2. The Hall–Kier alpha value is -2.32. The fraction of sp³-hybridized carbons (Fsp3) is 0.529. The van der Waals surface area contributed by atoms with Gasteiger partial charge in [-0.2, -0.15) is 18.4 Å². The van der Waals surface area contributed by atoms with E-state index in [2.05, 4.69) is 22.3 Å². The third-order valence-corrected chi connectivity index (χ3v) is 5.05. The van der Waals surface area contributed by atoms with Gasteiger partial charge >= 0.3 is 12.1 Å². The van der Waals surface area contributed by atoms with Crippen molar-refractivity contribution >= 4 is 30.2 Å². The van der Waals surface area contributed by atoms with E-state index in [-0.39, 0.29) is 12.1 Å². The molecule has 0 N–H and O–H groups in total. The summed E-state index contributed by atoms with van der Waals surface area (Å²) in [6.07, 6.45) is -3.23. The van der Waals surface area contributed by atoms with Crippen molar-refractivity contribution in [1.82, 2.24) is 9.88 Å². The molecule has 0 bridgehead atoms. The fourth-order valence-electron chi connectivity index (χ4n) is 2.98. The molecule has 2 heterocycles. The Morgan fingerprint density at radius 1 is 1.46 bits per heavy atom. The molecule has 1 saturated heterocycles. The van der Waals surface area contributed by atoms with Crippen LogP contribution in [0.3, 0.4) is 0 Å². The molecule has 2 rings (SSSR count). The van der Waals surface area contributed by atoms with Crippen molar-refractivity contribution in [3.8, 4) is 6.07 Å². The average Bonchev–Trinajstić information content (AvgIpc) is 2.79. The van der Waals surface area contributed by atoms with E-state index in [0.29, 0.717) is 13.0 Å². The highest BCUT2D eigenvalue weighted by Crippen LogP contribution is 2.39. The number of alkyl halides is 3. The number of esters is 1. The Labute approximate surface area is 165 Å². The van der Waals surface area contributed by atoms with Crippen LogP contribution in [0.4, 0.5) is 18.9 Å². The highest BCUT2D eigenvalue weighted by Gasteiger charge is 2.51. The number of aromatic nitrogens is 1. The summed E-state index contributed by atoms with van der Waals surface area (Å²) in [5, 5.41) is 8.88. The number of carbonyl (C=O) groups excluding carboxylic acids is 2. The van der Waals surface area contributed by atoms with Gasteiger partial charge in [0.25, 0.3) is 0 Å². The molecule has 152 valence electrons. The number of nitrogens with zero attached hydrogens (tertiary/aromatic N) is 4. The maximum Gasteiger partial charge on any atom is 0.419 e. The molecule has 11 heteroatoms. The molecular formula is C17H19F3N4O3S. The summed E-state index contributed by atoms with van der Waals surface area (Å²) in [6.45, 7) is 3.55. The molecule has 1 aromatic rings. The molecule has 1 aromatic heterocycles. The summed E-state index contributed by atoms with van der Waals surface area (Å²) in [6, 6.07) is 2.13. The smallest absolute Gasteiger partial charge is 0.419 e. The van der Waals surface area contributed by atoms with E-state index in [1.807, 2.05) is 0 Å². The van der Waals surface area contributed by atoms with Crippen LogP contribution in [0.2, 0.25) is 0 Å². The predicted molar refractivity (Wildman–Crippen MR) is 96.2 cm³/mol. The number of nitriles is 1. The Morgan fingerprint density at radius 2 is 2.11 bits per heavy atom. The molecule has 7 nitrogen and oxygen atoms in total. The molecular weight excluding hydrogens is 397 g/mol. The number of pyridine rings is 1. The maximum atomic E-state index is 13.2. The molecule has 0 aromatic carbocycles. The number of amides is 1. The topological polar surface area (TPSA) is 86.5 Å². The molecule has 0 saturated carbocycles. The van der Waals surface area contributed by atoms with Crippen LogP contribution < -0.4 is 4.90 Å². The second kappa shape index (κ2) is 7.97. The zero-order chi connectivity index (χ0) is 21.3. The summed E-state index contributed by atoms with van der Waals surface area (Å²) in [5.41, 5.74) is -4.03. The first kappa shape index (κ1) is 22.0. The number of halogens is 3. The first-order valence-electron chi connectivity index (χ1n) is 8.27. The minimum Gasteiger partial charge on any atom is -0.469 e. The zero-order valence-electron chi connectivity index (χ0n) is 15.4. The van der Waals surface area contributed by atoms with Gasteiger partial charge in [-0.25, -0.2) is 4.98 Å². The van der Waals surface area contributed by atoms with E-state index in [1.165, 1.54) is 13.2 Å². The van der Waals surface area contributed by atoms with Crippen LogP contribution in [0.5, 0.6) is 0 Å². The van der Waals surface area contributed by atoms with Crippen molar-refractivity contribution in [2.75, 3.05) is 18.6 Å². The molecule has 1 atom stereocenters. The lowest BCUT2D eigenvalue weighted by atomic mass is 10.0. The number of thiol groups is 1. The van der Waals surface area contributed by atoms with Gasteiger partial charge in [-0.15, -0.1) is 12.6 Å². The fourth-order valence-corrected chi connectivity index (χ4v) is 3.62. The van der Waals surface area contributed by atoms with Gasteiger partial charge in [0, 0.05) is 13.0 Å². The highest BCUT2D eigenvalue weighted by molar-refractivity contribution is 7.81. The molecule has 0 aliphatic carbocycles. The van der Waals surface area contributed by atoms with Crippen molar-refractivity contribution in [2.24, 2.45) is 0 Å². The van der Waals surface area contributed by atoms with Crippen LogP contribution in [0.25, 0.3) is 0 Å². The third kappa shape index (κ3) is 4.07. The Morgan fingerprint density at radius 3 is 2.64 bits per heavy atom. The van der Waals surface area contributed by atoms with Gasteiger partial charge in [0.15, 0.2) is 5.69 Å². The first-order chi connectivity index (χ1) is 12.9. The standard InChI is InChI=1S/C17H19F3N4O3S/c1-16(2)14(26)24(15(28)23(16)6-4-5-13(25)27-3)10-7-11(17(18,19)20)12(8-21)22-9-10/h7,9,15,28H,4-6H2,1-3H3. The largest absolute Gasteiger partial charge is 0.469 e. The van der Waals surface area contributed by atoms with E-state index in [0.717, 1.165) is 17.2 Å². The summed E-state index contributed by atoms with van der Waals surface area (Å²) < 4.78 is 44.3. The molecule has 28 heavy (non-hydrogen) atoms. The molecule has 1 amide bonds. The molecule has 1 unspecified atom stereocenters. The van der Waals surface area contributed by atoms with Gasteiger partial charge in [0.05, 0.1) is 30.1 Å². The van der Waals surface area contributed by atoms with Crippen LogP contribution >= 0.6 is 12.6 Å². The predicted octanol–water partition coefficient (Wildman–Crippen LogP) is 2.57. The lowest BCUT2D eigenvalue weighted by Gasteiger charge is -2.30. The minimum atomic E-state index is -4.79. The van der Waals surface area contributed by atoms with Crippen LogP contribution in [0, 0.1) is 11.3 Å². The van der Waals surface area contributed by atoms with Crippen molar-refractivity contribution in [2.45, 2.75) is 43.9 Å². The second-order valence-electron chi connectivity index (χ2n) is 6.65. The zero-order valence-corrected chi connectivity index (χ0v) is 16.3. The van der Waals surface area contributed by atoms with Crippen LogP contribution in [-0.2, 0) is 20.5 Å². The molecule has 0 radical (unpaired) electrons. The van der Waals surface area contributed by atoms with Gasteiger partial charge < -0.3 is 4.74 Å². The highest BCUT2D eigenvalue weighted by atomic mass is 32.1. The summed E-state index contributed by atoms with van der Waals surface area (Å²) >= 11 is 4.41. The quantitative estimate of drug-likeness (QED) is 0.587. The second-order valence-corrected chi connectivity index (χ2v) is 7.11. The monoisotopic (exact) mass is 416 g/mol. The number of methoxy groups -OCH3 is 1. The summed E-state index contributed by atoms with van der Waals surface area (Å²) in [7, 11) is 1.27. The normalized spacial score (nSPS) is 19.6. The van der Waals surface area contributed by atoms with Crippen molar-refractivity contribution < 1.29 is 27.5 Å². The first-order valence-corrected chi connectivity index (χ1v) is 8.79. The molecule has 0 spiro atoms. The maximum absolute atomic E-state index is 13.2. The SMILES string of the molecule is COC(=O)CCCN1C(S)N(c2cnc(C#N)c(C(F)(F)F)c2)C(=O)C1(C)C. The van der Waals surface area contributed by atoms with E-state index in [1.54, 1.807) is 18.7 Å². The van der Waals surface area contributed by atoms with Crippen LogP contribution in [0.15, 0.2) is 12.3 Å². The van der Waals surface area contributed by atoms with E-state index < -0.39 is 40.3 Å². The van der Waals surface area contributed by atoms with Crippen molar-refractivity contribution in [3.05, 3.63) is 23.5 Å². The van der Waals surface area contributed by atoms with E-state index >= 15 is 0 Å². The number of ether oxygens (including phenoxy) is 1. The molecule has 1 fully saturated rings. The molecule has 1 aliphatic rings. The Balaban J connectivity index is 2.35. The van der Waals surface area contributed by atoms with Crippen LogP contribution in [-0.4, -0.2) is 46.5 Å². The van der Waals surface area contributed by atoms with Gasteiger partial charge in [0.1, 0.15) is 11.6 Å².